The summed E-state index contributed by atoms with van der Waals surface area (Å²) < 4.78 is 0. The van der Waals surface area contributed by atoms with Crippen molar-refractivity contribution in [2.45, 2.75) is 26.9 Å². The van der Waals surface area contributed by atoms with Gasteiger partial charge in [-0.3, -0.25) is 0 Å². The second-order valence-electron chi connectivity index (χ2n) is 4.35. The van der Waals surface area contributed by atoms with Gasteiger partial charge < -0.3 is 10.4 Å². The molecular weight excluding hydrogens is 150 g/mol. The van der Waals surface area contributed by atoms with Crippen molar-refractivity contribution in [3.8, 4) is 11.8 Å². The van der Waals surface area contributed by atoms with E-state index in [-0.39, 0.29) is 17.4 Å². The van der Waals surface area contributed by atoms with Crippen LogP contribution in [0.1, 0.15) is 20.8 Å². The molecule has 0 bridgehead atoms. The molecule has 68 valence electrons. The van der Waals surface area contributed by atoms with E-state index in [1.807, 2.05) is 0 Å². The summed E-state index contributed by atoms with van der Waals surface area (Å²) in [6.45, 7) is 7.74. The van der Waals surface area contributed by atoms with Crippen LogP contribution in [0.3, 0.4) is 0 Å². The highest BCUT2D eigenvalue weighted by Crippen LogP contribution is 2.13. The molecule has 1 heterocycles. The Morgan fingerprint density at radius 3 is 2.42 bits per heavy atom. The fourth-order valence-corrected chi connectivity index (χ4v) is 1.12. The molecule has 2 heteroatoms. The molecule has 0 unspecified atom stereocenters. The van der Waals surface area contributed by atoms with Gasteiger partial charge in [0, 0.05) is 18.5 Å². The lowest BCUT2D eigenvalue weighted by atomic mass is 9.96. The molecule has 0 aromatic rings. The van der Waals surface area contributed by atoms with E-state index < -0.39 is 0 Å². The number of rotatable bonds is 0. The van der Waals surface area contributed by atoms with Crippen LogP contribution in [0.15, 0.2) is 0 Å². The first kappa shape index (κ1) is 9.57. The fraction of sp³-hybridized carbons (Fsp3) is 0.800. The van der Waals surface area contributed by atoms with Gasteiger partial charge in [0.25, 0.3) is 0 Å². The van der Waals surface area contributed by atoms with Crippen LogP contribution >= 0.6 is 0 Å². The first-order valence-electron chi connectivity index (χ1n) is 4.40. The average Bonchev–Trinajstić information content (AvgIpc) is 2.29. The van der Waals surface area contributed by atoms with Gasteiger partial charge in [0.2, 0.25) is 0 Å². The molecule has 0 saturated carbocycles. The van der Waals surface area contributed by atoms with Crippen molar-refractivity contribution in [3.63, 3.8) is 0 Å². The van der Waals surface area contributed by atoms with Crippen LogP contribution in [0.4, 0.5) is 0 Å². The van der Waals surface area contributed by atoms with Crippen molar-refractivity contribution >= 4 is 0 Å². The molecule has 1 aliphatic rings. The van der Waals surface area contributed by atoms with E-state index in [2.05, 4.69) is 37.9 Å². The van der Waals surface area contributed by atoms with Gasteiger partial charge >= 0.3 is 0 Å². The second-order valence-corrected chi connectivity index (χ2v) is 4.35. The quantitative estimate of drug-likeness (QED) is 0.518. The number of aliphatic hydroxyl groups excluding tert-OH is 1. The van der Waals surface area contributed by atoms with Gasteiger partial charge in [0.15, 0.2) is 0 Å². The molecule has 1 fully saturated rings. The Morgan fingerprint density at radius 1 is 1.33 bits per heavy atom. The van der Waals surface area contributed by atoms with Gasteiger partial charge in [-0.15, -0.1) is 0 Å². The molecule has 2 atom stereocenters. The summed E-state index contributed by atoms with van der Waals surface area (Å²) in [5.74, 6) is 6.38. The lowest BCUT2D eigenvalue weighted by Crippen LogP contribution is -2.16. The van der Waals surface area contributed by atoms with E-state index in [4.69, 9.17) is 0 Å². The van der Waals surface area contributed by atoms with Crippen molar-refractivity contribution in [1.29, 1.82) is 0 Å². The van der Waals surface area contributed by atoms with Gasteiger partial charge in [-0.05, 0) is 20.8 Å². The second kappa shape index (κ2) is 3.47. The highest BCUT2D eigenvalue weighted by atomic mass is 16.3. The Morgan fingerprint density at radius 2 is 2.00 bits per heavy atom. The van der Waals surface area contributed by atoms with Gasteiger partial charge in [0.05, 0.1) is 12.0 Å². The third kappa shape index (κ3) is 2.84. The smallest absolute Gasteiger partial charge is 0.0814 e. The third-order valence-corrected chi connectivity index (χ3v) is 1.81. The number of hydrogen-bond donors (Lipinski definition) is 2. The van der Waals surface area contributed by atoms with Crippen LogP contribution in [0.2, 0.25) is 0 Å². The van der Waals surface area contributed by atoms with Crippen LogP contribution in [-0.4, -0.2) is 24.3 Å². The molecular formula is C10H17NO. The summed E-state index contributed by atoms with van der Waals surface area (Å²) in [4.78, 5) is 0. The van der Waals surface area contributed by atoms with Crippen LogP contribution in [-0.2, 0) is 0 Å². The lowest BCUT2D eigenvalue weighted by molar-refractivity contribution is 0.171. The molecule has 2 nitrogen and oxygen atoms in total. The monoisotopic (exact) mass is 167 g/mol. The van der Waals surface area contributed by atoms with Crippen LogP contribution < -0.4 is 5.32 Å². The predicted octanol–water partition coefficient (Wildman–Crippen LogP) is 0.616. The molecule has 0 aromatic carbocycles. The highest BCUT2D eigenvalue weighted by Gasteiger charge is 2.22. The lowest BCUT2D eigenvalue weighted by Gasteiger charge is -2.09. The van der Waals surface area contributed by atoms with Crippen molar-refractivity contribution in [1.82, 2.24) is 5.32 Å². The maximum absolute atomic E-state index is 9.42. The van der Waals surface area contributed by atoms with Crippen LogP contribution in [0.5, 0.6) is 0 Å². The van der Waals surface area contributed by atoms with E-state index >= 15 is 0 Å². The number of aliphatic hydroxyl groups is 1. The zero-order valence-corrected chi connectivity index (χ0v) is 8.02. The normalized spacial score (nSPS) is 29.7. The summed E-state index contributed by atoms with van der Waals surface area (Å²) in [5.41, 5.74) is 0.0440. The maximum Gasteiger partial charge on any atom is 0.0814 e. The van der Waals surface area contributed by atoms with Crippen LogP contribution in [0, 0.1) is 23.2 Å². The molecule has 0 aliphatic carbocycles. The van der Waals surface area contributed by atoms with Crippen molar-refractivity contribution < 1.29 is 5.11 Å². The Balaban J connectivity index is 2.53. The topological polar surface area (TPSA) is 32.3 Å². The van der Waals surface area contributed by atoms with E-state index in [1.165, 1.54) is 0 Å². The molecule has 1 aliphatic heterocycles. The maximum atomic E-state index is 9.42. The first-order chi connectivity index (χ1) is 5.49. The standard InChI is InChI=1S/C10H17NO/c1-10(2,3)5-4-8-6-11-7-9(8)12/h8-9,11-12H,6-7H2,1-3H3/t8-,9-/m1/s1. The highest BCUT2D eigenvalue weighted by molar-refractivity contribution is 5.13. The van der Waals surface area contributed by atoms with Gasteiger partial charge in [-0.25, -0.2) is 0 Å². The van der Waals surface area contributed by atoms with Crippen LogP contribution in [0.25, 0.3) is 0 Å². The number of hydrogen-bond acceptors (Lipinski definition) is 2. The molecule has 0 amide bonds. The van der Waals surface area contributed by atoms with E-state index in [0.29, 0.717) is 6.54 Å². The Labute approximate surface area is 74.4 Å². The molecule has 1 rings (SSSR count). The average molecular weight is 167 g/mol. The summed E-state index contributed by atoms with van der Waals surface area (Å²) in [6, 6.07) is 0. The van der Waals surface area contributed by atoms with Crippen molar-refractivity contribution in [2.24, 2.45) is 11.3 Å². The zero-order chi connectivity index (χ0) is 9.19. The van der Waals surface area contributed by atoms with Gasteiger partial charge in [-0.1, -0.05) is 11.8 Å². The van der Waals surface area contributed by atoms with E-state index in [9.17, 15) is 5.11 Å². The minimum atomic E-state index is -0.278. The molecule has 0 spiro atoms. The minimum Gasteiger partial charge on any atom is -0.390 e. The molecule has 12 heavy (non-hydrogen) atoms. The predicted molar refractivity (Wildman–Crippen MR) is 49.6 cm³/mol. The first-order valence-corrected chi connectivity index (χ1v) is 4.40. The van der Waals surface area contributed by atoms with E-state index in [1.54, 1.807) is 0 Å². The number of nitrogens with one attached hydrogen (secondary N) is 1. The summed E-state index contributed by atoms with van der Waals surface area (Å²) in [7, 11) is 0. The van der Waals surface area contributed by atoms with Crippen molar-refractivity contribution in [2.75, 3.05) is 13.1 Å². The Kier molecular flexibility index (Phi) is 2.76. The molecule has 1 saturated heterocycles. The summed E-state index contributed by atoms with van der Waals surface area (Å²) in [5, 5.41) is 12.5. The Bertz CT molecular complexity index is 206. The zero-order valence-electron chi connectivity index (χ0n) is 8.02. The fourth-order valence-electron chi connectivity index (χ4n) is 1.12. The Hall–Kier alpha value is -0.520. The van der Waals surface area contributed by atoms with Crippen molar-refractivity contribution in [3.05, 3.63) is 0 Å². The molecule has 0 aromatic heterocycles. The third-order valence-electron chi connectivity index (χ3n) is 1.81. The van der Waals surface area contributed by atoms with Gasteiger partial charge in [-0.2, -0.15) is 0 Å². The molecule has 0 radical (unpaired) electrons. The van der Waals surface area contributed by atoms with E-state index in [0.717, 1.165) is 6.54 Å². The SMILES string of the molecule is CC(C)(C)C#C[C@@H]1CNC[C@H]1O. The summed E-state index contributed by atoms with van der Waals surface area (Å²) >= 11 is 0. The van der Waals surface area contributed by atoms with Gasteiger partial charge in [0.1, 0.15) is 0 Å². The number of β-amino-alcohol motifs (C(OH)–C–C–N with tert-alkyl or cyclic N) is 1. The minimum absolute atomic E-state index is 0.0440. The largest absolute Gasteiger partial charge is 0.390 e. The summed E-state index contributed by atoms with van der Waals surface area (Å²) in [6.07, 6.45) is -0.278. The molecule has 2 N–H and O–H groups in total.